The molecule has 2 aromatic rings. The number of nitrogens with one attached hydrogen (secondary N) is 2. The van der Waals surface area contributed by atoms with Crippen LogP contribution in [0, 0.1) is 10.1 Å². The molecule has 1 fully saturated rings. The Hall–Kier alpha value is -3.79. The first kappa shape index (κ1) is 23.9. The number of likely N-dealkylation sites (tertiary alicyclic amines) is 1. The van der Waals surface area contributed by atoms with E-state index in [1.165, 1.54) is 36.1 Å². The van der Waals surface area contributed by atoms with E-state index in [-0.39, 0.29) is 23.9 Å². The molecule has 1 heterocycles. The Balaban J connectivity index is 1.74. The highest BCUT2D eigenvalue weighted by molar-refractivity contribution is 5.99. The van der Waals surface area contributed by atoms with Gasteiger partial charge in [-0.3, -0.25) is 24.5 Å². The summed E-state index contributed by atoms with van der Waals surface area (Å²) >= 11 is 0. The quantitative estimate of drug-likeness (QED) is 0.408. The molecule has 4 N–H and O–H groups in total. The predicted molar refractivity (Wildman–Crippen MR) is 122 cm³/mol. The average Bonchev–Trinajstić information content (AvgIpc) is 3.29. The number of nitrogens with zero attached hydrogens (tertiary/aromatic N) is 2. The lowest BCUT2D eigenvalue weighted by Gasteiger charge is -2.29. The second kappa shape index (κ2) is 10.7. The zero-order chi connectivity index (χ0) is 24.0. The summed E-state index contributed by atoms with van der Waals surface area (Å²) in [7, 11) is 0. The molecule has 0 bridgehead atoms. The fourth-order valence-electron chi connectivity index (χ4n) is 3.75. The van der Waals surface area contributed by atoms with Crippen LogP contribution in [0.15, 0.2) is 54.6 Å². The normalized spacial score (nSPS) is 17.2. The standard InChI is InChI=1S/C23H27N5O5/c1-15(24)21(29)26-19(14-16-6-3-2-4-7-16)23(31)27-13-5-8-20(27)22(30)25-17-9-11-18(12-10-17)28(32)33/h2-4,6-7,9-12,15,19-20H,5,8,13-14,24H2,1H3,(H,25,30)(H,26,29)/t15?,19?,20-/m0/s1. The SMILES string of the molecule is CC(N)C(=O)NC(Cc1ccccc1)C(=O)N1CCC[C@H]1C(=O)Nc1ccc([N+](=O)[O-])cc1. The topological polar surface area (TPSA) is 148 Å². The Morgan fingerprint density at radius 3 is 2.42 bits per heavy atom. The summed E-state index contributed by atoms with van der Waals surface area (Å²) in [4.78, 5) is 50.4. The lowest BCUT2D eigenvalue weighted by atomic mass is 10.0. The number of nitro groups is 1. The summed E-state index contributed by atoms with van der Waals surface area (Å²) in [6.07, 6.45) is 1.39. The summed E-state index contributed by atoms with van der Waals surface area (Å²) in [5.74, 6) is -1.18. The Bertz CT molecular complexity index is 1010. The average molecular weight is 453 g/mol. The van der Waals surface area contributed by atoms with Crippen LogP contribution >= 0.6 is 0 Å². The van der Waals surface area contributed by atoms with Crippen molar-refractivity contribution in [3.8, 4) is 0 Å². The molecular weight excluding hydrogens is 426 g/mol. The van der Waals surface area contributed by atoms with Crippen LogP contribution in [0.3, 0.4) is 0 Å². The van der Waals surface area contributed by atoms with Crippen molar-refractivity contribution in [2.24, 2.45) is 5.73 Å². The van der Waals surface area contributed by atoms with Crippen LogP contribution in [-0.2, 0) is 20.8 Å². The molecule has 1 aliphatic heterocycles. The number of anilines is 1. The molecule has 0 aliphatic carbocycles. The minimum Gasteiger partial charge on any atom is -0.343 e. The minimum atomic E-state index is -0.862. The third kappa shape index (κ3) is 6.13. The van der Waals surface area contributed by atoms with Gasteiger partial charge in [-0.2, -0.15) is 0 Å². The first-order chi connectivity index (χ1) is 15.8. The van der Waals surface area contributed by atoms with Gasteiger partial charge in [0.1, 0.15) is 12.1 Å². The molecule has 1 aliphatic rings. The van der Waals surface area contributed by atoms with Crippen LogP contribution in [0.2, 0.25) is 0 Å². The summed E-state index contributed by atoms with van der Waals surface area (Å²) in [5.41, 5.74) is 6.86. The Kier molecular flexibility index (Phi) is 7.73. The van der Waals surface area contributed by atoms with E-state index in [9.17, 15) is 24.5 Å². The van der Waals surface area contributed by atoms with Gasteiger partial charge in [0.2, 0.25) is 17.7 Å². The largest absolute Gasteiger partial charge is 0.343 e. The van der Waals surface area contributed by atoms with E-state index in [0.717, 1.165) is 5.56 Å². The van der Waals surface area contributed by atoms with Crippen LogP contribution in [-0.4, -0.2) is 52.2 Å². The molecule has 3 atom stereocenters. The van der Waals surface area contributed by atoms with Gasteiger partial charge in [-0.25, -0.2) is 0 Å². The Morgan fingerprint density at radius 1 is 1.15 bits per heavy atom. The van der Waals surface area contributed by atoms with Gasteiger partial charge >= 0.3 is 0 Å². The maximum atomic E-state index is 13.4. The number of rotatable bonds is 8. The van der Waals surface area contributed by atoms with Gasteiger partial charge < -0.3 is 21.3 Å². The van der Waals surface area contributed by atoms with Crippen molar-refractivity contribution in [3.63, 3.8) is 0 Å². The molecule has 0 radical (unpaired) electrons. The predicted octanol–water partition coefficient (Wildman–Crippen LogP) is 1.60. The van der Waals surface area contributed by atoms with E-state index in [0.29, 0.717) is 25.1 Å². The molecule has 1 saturated heterocycles. The van der Waals surface area contributed by atoms with Crippen molar-refractivity contribution in [1.29, 1.82) is 0 Å². The Labute approximate surface area is 191 Å². The molecule has 10 heteroatoms. The van der Waals surface area contributed by atoms with Crippen LogP contribution < -0.4 is 16.4 Å². The van der Waals surface area contributed by atoms with E-state index < -0.39 is 29.0 Å². The fraction of sp³-hybridized carbons (Fsp3) is 0.348. The number of amides is 3. The van der Waals surface area contributed by atoms with Crippen LogP contribution in [0.1, 0.15) is 25.3 Å². The van der Waals surface area contributed by atoms with Crippen molar-refractivity contribution in [1.82, 2.24) is 10.2 Å². The zero-order valence-electron chi connectivity index (χ0n) is 18.3. The molecule has 174 valence electrons. The van der Waals surface area contributed by atoms with Gasteiger partial charge in [0.15, 0.2) is 0 Å². The smallest absolute Gasteiger partial charge is 0.269 e. The van der Waals surface area contributed by atoms with E-state index in [4.69, 9.17) is 5.73 Å². The summed E-state index contributed by atoms with van der Waals surface area (Å²) < 4.78 is 0. The molecule has 33 heavy (non-hydrogen) atoms. The number of nitrogens with two attached hydrogens (primary N) is 1. The number of nitro benzene ring substituents is 1. The maximum absolute atomic E-state index is 13.4. The minimum absolute atomic E-state index is 0.0840. The van der Waals surface area contributed by atoms with Crippen molar-refractivity contribution < 1.29 is 19.3 Å². The number of hydrogen-bond donors (Lipinski definition) is 3. The summed E-state index contributed by atoms with van der Waals surface area (Å²) in [6, 6.07) is 12.4. The first-order valence-corrected chi connectivity index (χ1v) is 10.7. The molecule has 0 saturated carbocycles. The van der Waals surface area contributed by atoms with Crippen LogP contribution in [0.4, 0.5) is 11.4 Å². The second-order valence-electron chi connectivity index (χ2n) is 8.02. The molecule has 3 amide bonds. The molecule has 0 aromatic heterocycles. The van der Waals surface area contributed by atoms with Gasteiger partial charge in [-0.1, -0.05) is 30.3 Å². The van der Waals surface area contributed by atoms with Gasteiger partial charge in [-0.05, 0) is 37.5 Å². The van der Waals surface area contributed by atoms with Gasteiger partial charge in [0, 0.05) is 30.8 Å². The zero-order valence-corrected chi connectivity index (χ0v) is 18.3. The molecule has 2 aromatic carbocycles. The highest BCUT2D eigenvalue weighted by Crippen LogP contribution is 2.22. The number of non-ortho nitro benzene ring substituents is 1. The highest BCUT2D eigenvalue weighted by Gasteiger charge is 2.38. The van der Waals surface area contributed by atoms with Crippen LogP contribution in [0.25, 0.3) is 0 Å². The van der Waals surface area contributed by atoms with Gasteiger partial charge in [0.05, 0.1) is 11.0 Å². The third-order valence-electron chi connectivity index (χ3n) is 5.49. The van der Waals surface area contributed by atoms with E-state index in [1.807, 2.05) is 30.3 Å². The maximum Gasteiger partial charge on any atom is 0.269 e. The first-order valence-electron chi connectivity index (χ1n) is 10.7. The van der Waals surface area contributed by atoms with Gasteiger partial charge in [0.25, 0.3) is 5.69 Å². The van der Waals surface area contributed by atoms with E-state index in [1.54, 1.807) is 0 Å². The molecular formula is C23H27N5O5. The van der Waals surface area contributed by atoms with Crippen LogP contribution in [0.5, 0.6) is 0 Å². The molecule has 3 rings (SSSR count). The molecule has 2 unspecified atom stereocenters. The number of carbonyl (C=O) groups is 3. The Morgan fingerprint density at radius 2 is 1.82 bits per heavy atom. The number of hydrogen-bond acceptors (Lipinski definition) is 6. The van der Waals surface area contributed by atoms with Crippen molar-refractivity contribution in [2.75, 3.05) is 11.9 Å². The highest BCUT2D eigenvalue weighted by atomic mass is 16.6. The second-order valence-corrected chi connectivity index (χ2v) is 8.02. The molecule has 10 nitrogen and oxygen atoms in total. The van der Waals surface area contributed by atoms with Crippen molar-refractivity contribution >= 4 is 29.1 Å². The third-order valence-corrected chi connectivity index (χ3v) is 5.49. The summed E-state index contributed by atoms with van der Waals surface area (Å²) in [5, 5.41) is 16.2. The van der Waals surface area contributed by atoms with E-state index >= 15 is 0 Å². The number of benzene rings is 2. The summed E-state index contributed by atoms with van der Waals surface area (Å²) in [6.45, 7) is 1.92. The van der Waals surface area contributed by atoms with E-state index in [2.05, 4.69) is 10.6 Å². The van der Waals surface area contributed by atoms with Crippen molar-refractivity contribution in [2.45, 2.75) is 44.3 Å². The molecule has 0 spiro atoms. The lowest BCUT2D eigenvalue weighted by Crippen LogP contribution is -2.55. The lowest BCUT2D eigenvalue weighted by molar-refractivity contribution is -0.384. The fourth-order valence-corrected chi connectivity index (χ4v) is 3.75. The monoisotopic (exact) mass is 453 g/mol. The number of carbonyl (C=O) groups excluding carboxylic acids is 3. The van der Waals surface area contributed by atoms with Crippen molar-refractivity contribution in [3.05, 3.63) is 70.3 Å². The van der Waals surface area contributed by atoms with Gasteiger partial charge in [-0.15, -0.1) is 0 Å².